The number of non-ortho nitro benzene ring substituents is 1. The quantitative estimate of drug-likeness (QED) is 0.191. The highest BCUT2D eigenvalue weighted by molar-refractivity contribution is 5.62. The van der Waals surface area contributed by atoms with Gasteiger partial charge in [0.2, 0.25) is 11.9 Å². The second-order valence-corrected chi connectivity index (χ2v) is 7.17. The van der Waals surface area contributed by atoms with E-state index in [9.17, 15) is 20.2 Å². The molecule has 3 aromatic rings. The largest absolute Gasteiger partial charge is 0.375 e. The number of nitrogens with zero attached hydrogens (tertiary/aromatic N) is 8. The number of benzene rings is 2. The van der Waals surface area contributed by atoms with Crippen LogP contribution >= 0.6 is 0 Å². The first-order valence-electron chi connectivity index (χ1n) is 10.1. The molecule has 0 radical (unpaired) electrons. The molecule has 0 atom stereocenters. The molecule has 0 amide bonds. The van der Waals surface area contributed by atoms with Gasteiger partial charge in [0.1, 0.15) is 5.82 Å². The van der Waals surface area contributed by atoms with Crippen LogP contribution in [0.5, 0.6) is 0 Å². The Balaban J connectivity index is 1.56. The Labute approximate surface area is 193 Å². The number of aryl methyl sites for hydroxylation is 1. The Morgan fingerprint density at radius 3 is 2.41 bits per heavy atom. The fraction of sp³-hybridized carbons (Fsp3) is 0.250. The summed E-state index contributed by atoms with van der Waals surface area (Å²) in [6.07, 6.45) is 0.812. The number of azo groups is 1. The molecule has 0 aliphatic carbocycles. The molecule has 0 fully saturated rings. The first kappa shape index (κ1) is 23.9. The lowest BCUT2D eigenvalue weighted by atomic mass is 10.2. The molecule has 3 rings (SSSR count). The minimum atomic E-state index is -0.731. The van der Waals surface area contributed by atoms with Gasteiger partial charge in [-0.05, 0) is 43.7 Å². The van der Waals surface area contributed by atoms with Gasteiger partial charge in [-0.1, -0.05) is 0 Å². The van der Waals surface area contributed by atoms with E-state index >= 15 is 0 Å². The number of nitrogen functional groups attached to an aromatic ring is 1. The van der Waals surface area contributed by atoms with Crippen LogP contribution in [0.4, 0.5) is 40.3 Å². The fourth-order valence-electron chi connectivity index (χ4n) is 2.97. The van der Waals surface area contributed by atoms with Crippen LogP contribution in [0.1, 0.15) is 12.2 Å². The van der Waals surface area contributed by atoms with Crippen molar-refractivity contribution in [3.63, 3.8) is 0 Å². The number of rotatable bonds is 10. The molecular weight excluding hydrogens is 444 g/mol. The van der Waals surface area contributed by atoms with Crippen molar-refractivity contribution in [1.82, 2.24) is 15.0 Å². The molecule has 2 aromatic carbocycles. The molecule has 0 aliphatic heterocycles. The molecule has 0 spiro atoms. The van der Waals surface area contributed by atoms with Crippen molar-refractivity contribution >= 4 is 40.3 Å². The molecule has 0 bridgehead atoms. The average Bonchev–Trinajstić information content (AvgIpc) is 2.79. The van der Waals surface area contributed by atoms with E-state index in [0.29, 0.717) is 24.0 Å². The summed E-state index contributed by atoms with van der Waals surface area (Å²) in [5.41, 5.74) is 6.09. The van der Waals surface area contributed by atoms with Crippen LogP contribution in [-0.2, 0) is 0 Å². The van der Waals surface area contributed by atoms with Crippen LogP contribution in [0.15, 0.2) is 52.7 Å². The second-order valence-electron chi connectivity index (χ2n) is 7.17. The molecule has 1 aromatic heterocycles. The summed E-state index contributed by atoms with van der Waals surface area (Å²) in [5.74, 6) is 1.16. The third kappa shape index (κ3) is 6.38. The van der Waals surface area contributed by atoms with Crippen molar-refractivity contribution in [2.24, 2.45) is 10.2 Å². The molecule has 0 saturated carbocycles. The number of hydrogen-bond acceptors (Lipinski definition) is 12. The zero-order valence-corrected chi connectivity index (χ0v) is 18.5. The highest BCUT2D eigenvalue weighted by Gasteiger charge is 2.19. The summed E-state index contributed by atoms with van der Waals surface area (Å²) in [6.45, 7) is 3.14. The number of anilines is 3. The van der Waals surface area contributed by atoms with Crippen molar-refractivity contribution in [2.75, 3.05) is 36.1 Å². The van der Waals surface area contributed by atoms with Crippen LogP contribution in [0, 0.1) is 27.2 Å². The van der Waals surface area contributed by atoms with Gasteiger partial charge in [-0.2, -0.15) is 20.1 Å². The maximum atomic E-state index is 11.2. The van der Waals surface area contributed by atoms with E-state index in [1.807, 2.05) is 19.2 Å². The van der Waals surface area contributed by atoms with E-state index in [2.05, 4.69) is 35.4 Å². The first-order valence-corrected chi connectivity index (χ1v) is 10.1. The molecule has 14 heteroatoms. The number of nitrogens with two attached hydrogens (primary N) is 1. The Morgan fingerprint density at radius 2 is 1.76 bits per heavy atom. The minimum absolute atomic E-state index is 0.0700. The monoisotopic (exact) mass is 466 g/mol. The fourth-order valence-corrected chi connectivity index (χ4v) is 2.97. The number of nitro benzene ring substituents is 2. The molecule has 1 heterocycles. The topological polar surface area (TPSA) is 191 Å². The van der Waals surface area contributed by atoms with Gasteiger partial charge in [0, 0.05) is 31.9 Å². The number of nitrogens with one attached hydrogen (secondary N) is 1. The second kappa shape index (κ2) is 10.7. The van der Waals surface area contributed by atoms with E-state index in [1.54, 1.807) is 19.1 Å². The summed E-state index contributed by atoms with van der Waals surface area (Å²) in [5, 5.41) is 33.1. The van der Waals surface area contributed by atoms with Crippen LogP contribution < -0.4 is 16.0 Å². The maximum absolute atomic E-state index is 11.2. The van der Waals surface area contributed by atoms with E-state index in [0.717, 1.165) is 30.8 Å². The Morgan fingerprint density at radius 1 is 1.03 bits per heavy atom. The van der Waals surface area contributed by atoms with E-state index in [-0.39, 0.29) is 17.3 Å². The summed E-state index contributed by atoms with van der Waals surface area (Å²) in [6, 6.07) is 10.3. The molecule has 0 saturated heterocycles. The highest BCUT2D eigenvalue weighted by atomic mass is 16.6. The number of nitro groups is 2. The third-order valence-corrected chi connectivity index (χ3v) is 4.65. The predicted molar refractivity (Wildman–Crippen MR) is 126 cm³/mol. The van der Waals surface area contributed by atoms with Crippen molar-refractivity contribution in [3.05, 3.63) is 68.5 Å². The Hall–Kier alpha value is -4.75. The van der Waals surface area contributed by atoms with Gasteiger partial charge in [-0.15, -0.1) is 5.11 Å². The summed E-state index contributed by atoms with van der Waals surface area (Å²) < 4.78 is 0. The van der Waals surface area contributed by atoms with E-state index in [1.165, 1.54) is 6.07 Å². The Bertz CT molecular complexity index is 1200. The molecule has 3 N–H and O–H groups in total. The molecule has 176 valence electrons. The molecule has 0 unspecified atom stereocenters. The van der Waals surface area contributed by atoms with Crippen LogP contribution in [0.25, 0.3) is 0 Å². The number of aromatic nitrogens is 3. The highest BCUT2D eigenvalue weighted by Crippen LogP contribution is 2.32. The summed E-state index contributed by atoms with van der Waals surface area (Å²) in [4.78, 5) is 34.8. The van der Waals surface area contributed by atoms with Gasteiger partial charge < -0.3 is 16.0 Å². The smallest absolute Gasteiger partial charge is 0.303 e. The minimum Gasteiger partial charge on any atom is -0.375 e. The van der Waals surface area contributed by atoms with E-state index < -0.39 is 15.5 Å². The van der Waals surface area contributed by atoms with Crippen molar-refractivity contribution in [1.29, 1.82) is 0 Å². The SMILES string of the molecule is Cc1nc(N)nc(NCCCN(C)c2ccc(N=Nc3ccc([N+](=O)[O-])cc3[N+](=O)[O-])cc2)n1. The van der Waals surface area contributed by atoms with Crippen molar-refractivity contribution < 1.29 is 9.85 Å². The lowest BCUT2D eigenvalue weighted by molar-refractivity contribution is -0.393. The normalized spacial score (nSPS) is 10.9. The standard InChI is InChI=1S/C20H22N10O4/c1-13-23-19(21)25-20(24-13)22-10-3-11-28(2)15-6-4-14(5-7-15)26-27-17-9-8-16(29(31)32)12-18(17)30(33)34/h4-9,12H,3,10-11H2,1-2H3,(H3,21,22,23,24,25). The summed E-state index contributed by atoms with van der Waals surface area (Å²) >= 11 is 0. The van der Waals surface area contributed by atoms with Crippen LogP contribution in [0.3, 0.4) is 0 Å². The average molecular weight is 466 g/mol. The van der Waals surface area contributed by atoms with Gasteiger partial charge in [-0.25, -0.2) is 0 Å². The Kier molecular flexibility index (Phi) is 7.53. The first-order chi connectivity index (χ1) is 16.2. The van der Waals surface area contributed by atoms with Crippen LogP contribution in [0.2, 0.25) is 0 Å². The van der Waals surface area contributed by atoms with Gasteiger partial charge in [0.15, 0.2) is 5.69 Å². The third-order valence-electron chi connectivity index (χ3n) is 4.65. The lowest BCUT2D eigenvalue weighted by Gasteiger charge is -2.19. The molecule has 14 nitrogen and oxygen atoms in total. The summed E-state index contributed by atoms with van der Waals surface area (Å²) in [7, 11) is 1.95. The van der Waals surface area contributed by atoms with Crippen molar-refractivity contribution in [3.8, 4) is 0 Å². The van der Waals surface area contributed by atoms with E-state index in [4.69, 9.17) is 5.73 Å². The lowest BCUT2D eigenvalue weighted by Crippen LogP contribution is -2.21. The molecule has 0 aliphatic rings. The predicted octanol–water partition coefficient (Wildman–Crippen LogP) is 3.93. The molecular formula is C20H22N10O4. The van der Waals surface area contributed by atoms with Gasteiger partial charge in [0.05, 0.1) is 21.6 Å². The molecule has 34 heavy (non-hydrogen) atoms. The number of hydrogen-bond donors (Lipinski definition) is 2. The van der Waals surface area contributed by atoms with Gasteiger partial charge >= 0.3 is 5.69 Å². The maximum Gasteiger partial charge on any atom is 0.303 e. The van der Waals surface area contributed by atoms with Gasteiger partial charge in [0.25, 0.3) is 5.69 Å². The van der Waals surface area contributed by atoms with Crippen LogP contribution in [-0.4, -0.2) is 44.9 Å². The zero-order chi connectivity index (χ0) is 24.7. The zero-order valence-electron chi connectivity index (χ0n) is 18.5. The van der Waals surface area contributed by atoms with Gasteiger partial charge in [-0.3, -0.25) is 20.2 Å². The van der Waals surface area contributed by atoms with Crippen molar-refractivity contribution in [2.45, 2.75) is 13.3 Å².